The second kappa shape index (κ2) is 7.22. The van der Waals surface area contributed by atoms with Crippen LogP contribution in [0.15, 0.2) is 30.3 Å². The van der Waals surface area contributed by atoms with Crippen LogP contribution < -0.4 is 10.1 Å². The van der Waals surface area contributed by atoms with E-state index in [4.69, 9.17) is 16.3 Å². The molecule has 0 bridgehead atoms. The molecule has 0 atom stereocenters. The Morgan fingerprint density at radius 1 is 1.19 bits per heavy atom. The van der Waals surface area contributed by atoms with Crippen molar-refractivity contribution in [1.82, 2.24) is 4.98 Å². The molecule has 0 spiro atoms. The molecule has 0 aliphatic carbocycles. The van der Waals surface area contributed by atoms with Gasteiger partial charge >= 0.3 is 0 Å². The molecule has 0 saturated heterocycles. The largest absolute Gasteiger partial charge is 0.471 e. The number of rotatable bonds is 6. The quantitative estimate of drug-likeness (QED) is 0.857. The van der Waals surface area contributed by atoms with Gasteiger partial charge in [0.25, 0.3) is 5.88 Å². The minimum absolute atomic E-state index is 0.00986. The van der Waals surface area contributed by atoms with Crippen LogP contribution in [-0.4, -0.2) is 11.5 Å². The van der Waals surface area contributed by atoms with Crippen molar-refractivity contribution in [3.8, 4) is 5.88 Å². The zero-order chi connectivity index (χ0) is 15.2. The van der Waals surface area contributed by atoms with Crippen molar-refractivity contribution < 1.29 is 13.5 Å². The van der Waals surface area contributed by atoms with Gasteiger partial charge in [-0.25, -0.2) is 8.78 Å². The maximum atomic E-state index is 13.6. The highest BCUT2D eigenvalue weighted by molar-refractivity contribution is 6.30. The van der Waals surface area contributed by atoms with E-state index in [1.807, 2.05) is 6.92 Å². The minimum Gasteiger partial charge on any atom is -0.471 e. The SMILES string of the molecule is CCCNc1nc(OCc2ccc(Cl)cc2)c(F)cc1F. The number of nitrogens with one attached hydrogen (secondary N) is 1. The maximum absolute atomic E-state index is 13.6. The number of benzene rings is 1. The number of hydrogen-bond donors (Lipinski definition) is 1. The molecule has 0 amide bonds. The van der Waals surface area contributed by atoms with E-state index in [2.05, 4.69) is 10.3 Å². The molecule has 112 valence electrons. The first-order chi connectivity index (χ1) is 10.1. The van der Waals surface area contributed by atoms with Crippen molar-refractivity contribution >= 4 is 17.4 Å². The fraction of sp³-hybridized carbons (Fsp3) is 0.267. The normalized spacial score (nSPS) is 10.5. The monoisotopic (exact) mass is 312 g/mol. The lowest BCUT2D eigenvalue weighted by Crippen LogP contribution is -2.07. The zero-order valence-corrected chi connectivity index (χ0v) is 12.3. The van der Waals surface area contributed by atoms with Crippen molar-refractivity contribution in [3.63, 3.8) is 0 Å². The van der Waals surface area contributed by atoms with Crippen molar-refractivity contribution in [2.45, 2.75) is 20.0 Å². The van der Waals surface area contributed by atoms with Crippen LogP contribution >= 0.6 is 11.6 Å². The molecular formula is C15H15ClF2N2O. The molecule has 0 saturated carbocycles. The van der Waals surface area contributed by atoms with E-state index in [1.165, 1.54) is 0 Å². The predicted molar refractivity (Wildman–Crippen MR) is 78.7 cm³/mol. The highest BCUT2D eigenvalue weighted by atomic mass is 35.5. The van der Waals surface area contributed by atoms with Gasteiger partial charge < -0.3 is 10.1 Å². The van der Waals surface area contributed by atoms with E-state index in [-0.39, 0.29) is 18.3 Å². The summed E-state index contributed by atoms with van der Waals surface area (Å²) in [5.41, 5.74) is 0.813. The summed E-state index contributed by atoms with van der Waals surface area (Å²) in [5.74, 6) is -1.81. The van der Waals surface area contributed by atoms with Crippen LogP contribution in [0.2, 0.25) is 5.02 Å². The van der Waals surface area contributed by atoms with Crippen LogP contribution in [0.25, 0.3) is 0 Å². The Kier molecular flexibility index (Phi) is 5.33. The molecule has 21 heavy (non-hydrogen) atoms. The molecule has 1 aromatic carbocycles. The van der Waals surface area contributed by atoms with Gasteiger partial charge in [0, 0.05) is 17.6 Å². The first-order valence-electron chi connectivity index (χ1n) is 6.57. The third kappa shape index (κ3) is 4.29. The summed E-state index contributed by atoms with van der Waals surface area (Å²) in [6.07, 6.45) is 0.805. The number of ether oxygens (including phenoxy) is 1. The molecule has 2 rings (SSSR count). The Bertz CT molecular complexity index is 605. The molecule has 0 unspecified atom stereocenters. The van der Waals surface area contributed by atoms with Gasteiger partial charge in [-0.05, 0) is 24.1 Å². The molecule has 0 fully saturated rings. The molecule has 1 heterocycles. The smallest absolute Gasteiger partial charge is 0.252 e. The number of aromatic nitrogens is 1. The fourth-order valence-electron chi connectivity index (χ4n) is 1.65. The highest BCUT2D eigenvalue weighted by Crippen LogP contribution is 2.22. The van der Waals surface area contributed by atoms with E-state index < -0.39 is 11.6 Å². The molecule has 1 N–H and O–H groups in total. The Balaban J connectivity index is 2.09. The van der Waals surface area contributed by atoms with E-state index in [1.54, 1.807) is 24.3 Å². The highest BCUT2D eigenvalue weighted by Gasteiger charge is 2.13. The lowest BCUT2D eigenvalue weighted by atomic mass is 10.2. The second-order valence-corrected chi connectivity index (χ2v) is 4.88. The minimum atomic E-state index is -0.830. The molecule has 0 radical (unpaired) electrons. The van der Waals surface area contributed by atoms with Crippen LogP contribution in [0.1, 0.15) is 18.9 Å². The van der Waals surface area contributed by atoms with Crippen molar-refractivity contribution in [1.29, 1.82) is 0 Å². The Labute approximate surface area is 126 Å². The zero-order valence-electron chi connectivity index (χ0n) is 11.5. The molecule has 0 aliphatic rings. The summed E-state index contributed by atoms with van der Waals surface area (Å²) < 4.78 is 32.5. The fourth-order valence-corrected chi connectivity index (χ4v) is 1.78. The Hall–Kier alpha value is -1.88. The van der Waals surface area contributed by atoms with Crippen molar-refractivity contribution in [3.05, 3.63) is 52.6 Å². The number of hydrogen-bond acceptors (Lipinski definition) is 3. The van der Waals surface area contributed by atoms with Crippen LogP contribution in [0.4, 0.5) is 14.6 Å². The first kappa shape index (κ1) is 15.5. The summed E-state index contributed by atoms with van der Waals surface area (Å²) in [5, 5.41) is 3.39. The molecule has 0 aliphatic heterocycles. The van der Waals surface area contributed by atoms with E-state index >= 15 is 0 Å². The Morgan fingerprint density at radius 3 is 2.57 bits per heavy atom. The summed E-state index contributed by atoms with van der Waals surface area (Å²) >= 11 is 5.78. The van der Waals surface area contributed by atoms with Gasteiger partial charge in [0.2, 0.25) is 0 Å². The van der Waals surface area contributed by atoms with Crippen LogP contribution in [0.3, 0.4) is 0 Å². The van der Waals surface area contributed by atoms with Crippen molar-refractivity contribution in [2.75, 3.05) is 11.9 Å². The average molecular weight is 313 g/mol. The summed E-state index contributed by atoms with van der Waals surface area (Å²) in [6.45, 7) is 2.61. The van der Waals surface area contributed by atoms with Crippen molar-refractivity contribution in [2.24, 2.45) is 0 Å². The third-order valence-corrected chi connectivity index (χ3v) is 2.98. The van der Waals surface area contributed by atoms with E-state index in [0.29, 0.717) is 11.6 Å². The van der Waals surface area contributed by atoms with Gasteiger partial charge in [0.15, 0.2) is 17.5 Å². The van der Waals surface area contributed by atoms with E-state index in [0.717, 1.165) is 18.1 Å². The average Bonchev–Trinajstić information content (AvgIpc) is 2.47. The topological polar surface area (TPSA) is 34.2 Å². The standard InChI is InChI=1S/C15H15ClF2N2O/c1-2-7-19-14-12(17)8-13(18)15(20-14)21-9-10-3-5-11(16)6-4-10/h3-6,8H,2,7,9H2,1H3,(H,19,20). The van der Waals surface area contributed by atoms with Crippen LogP contribution in [0, 0.1) is 11.6 Å². The first-order valence-corrected chi connectivity index (χ1v) is 6.95. The third-order valence-electron chi connectivity index (χ3n) is 2.73. The van der Waals surface area contributed by atoms with Crippen LogP contribution in [-0.2, 0) is 6.61 Å². The summed E-state index contributed by atoms with van der Waals surface area (Å²) in [7, 11) is 0. The number of halogens is 3. The second-order valence-electron chi connectivity index (χ2n) is 4.45. The van der Waals surface area contributed by atoms with E-state index in [9.17, 15) is 8.78 Å². The molecule has 2 aromatic rings. The lowest BCUT2D eigenvalue weighted by Gasteiger charge is -2.10. The summed E-state index contributed by atoms with van der Waals surface area (Å²) in [4.78, 5) is 3.83. The molecule has 3 nitrogen and oxygen atoms in total. The molecular weight excluding hydrogens is 298 g/mol. The lowest BCUT2D eigenvalue weighted by molar-refractivity contribution is 0.276. The molecule has 1 aromatic heterocycles. The van der Waals surface area contributed by atoms with Crippen LogP contribution in [0.5, 0.6) is 5.88 Å². The maximum Gasteiger partial charge on any atom is 0.252 e. The summed E-state index contributed by atoms with van der Waals surface area (Å²) in [6, 6.07) is 7.72. The Morgan fingerprint density at radius 2 is 1.90 bits per heavy atom. The van der Waals surface area contributed by atoms with Gasteiger partial charge in [-0.15, -0.1) is 0 Å². The predicted octanol–water partition coefficient (Wildman–Crippen LogP) is 4.41. The van der Waals surface area contributed by atoms with Gasteiger partial charge in [-0.2, -0.15) is 4.98 Å². The van der Waals surface area contributed by atoms with Gasteiger partial charge in [0.05, 0.1) is 0 Å². The number of nitrogens with zero attached hydrogens (tertiary/aromatic N) is 1. The van der Waals surface area contributed by atoms with Gasteiger partial charge in [0.1, 0.15) is 6.61 Å². The number of anilines is 1. The number of pyridine rings is 1. The van der Waals surface area contributed by atoms with Gasteiger partial charge in [-0.3, -0.25) is 0 Å². The van der Waals surface area contributed by atoms with Gasteiger partial charge in [-0.1, -0.05) is 30.7 Å². The molecule has 6 heteroatoms.